The van der Waals surface area contributed by atoms with E-state index in [1.54, 1.807) is 22.6 Å². The van der Waals surface area contributed by atoms with Crippen LogP contribution in [-0.2, 0) is 0 Å². The lowest BCUT2D eigenvalue weighted by Crippen LogP contribution is -2.26. The van der Waals surface area contributed by atoms with Crippen LogP contribution in [0.3, 0.4) is 0 Å². The van der Waals surface area contributed by atoms with E-state index in [-0.39, 0.29) is 11.9 Å². The summed E-state index contributed by atoms with van der Waals surface area (Å²) in [6.45, 7) is 1.97. The molecule has 0 spiro atoms. The molecule has 0 saturated heterocycles. The predicted molar refractivity (Wildman–Crippen MR) is 96.9 cm³/mol. The number of nitrogens with zero attached hydrogens (tertiary/aromatic N) is 4. The molecule has 0 bridgehead atoms. The van der Waals surface area contributed by atoms with Crippen molar-refractivity contribution < 1.29 is 4.79 Å². The van der Waals surface area contributed by atoms with Crippen LogP contribution in [0.1, 0.15) is 28.9 Å². The molecule has 2 aromatic heterocycles. The monoisotopic (exact) mass is 349 g/mol. The van der Waals surface area contributed by atoms with Gasteiger partial charge in [-0.1, -0.05) is 12.1 Å². The molecule has 0 radical (unpaired) electrons. The average Bonchev–Trinajstić information content (AvgIpc) is 3.32. The minimum Gasteiger partial charge on any atom is -0.346 e. The number of amides is 1. The minimum atomic E-state index is -0.102. The maximum atomic E-state index is 12.5. The number of thiazole rings is 1. The van der Waals surface area contributed by atoms with Crippen LogP contribution in [0.2, 0.25) is 0 Å². The van der Waals surface area contributed by atoms with E-state index in [9.17, 15) is 4.79 Å². The van der Waals surface area contributed by atoms with E-state index < -0.39 is 0 Å². The Balaban J connectivity index is 1.49. The number of rotatable bonds is 4. The number of carbonyl (C=O) groups is 1. The van der Waals surface area contributed by atoms with Crippen molar-refractivity contribution >= 4 is 27.5 Å². The summed E-state index contributed by atoms with van der Waals surface area (Å²) in [5, 5.41) is 7.14. The molecule has 1 N–H and O–H groups in total. The van der Waals surface area contributed by atoms with Crippen molar-refractivity contribution in [1.29, 1.82) is 0 Å². The minimum absolute atomic E-state index is 0.0943. The number of fused-ring (bicyclic) bond motifs is 1. The third-order valence-corrected chi connectivity index (χ3v) is 4.81. The number of carbonyl (C=O) groups excluding carboxylic acids is 1. The molecule has 7 heteroatoms. The van der Waals surface area contributed by atoms with E-state index in [1.165, 1.54) is 17.7 Å². The van der Waals surface area contributed by atoms with Crippen LogP contribution in [0.5, 0.6) is 0 Å². The third-order valence-electron chi connectivity index (χ3n) is 4.02. The van der Waals surface area contributed by atoms with Crippen LogP contribution in [0.15, 0.2) is 60.6 Å². The highest BCUT2D eigenvalue weighted by atomic mass is 32.1. The highest BCUT2D eigenvalue weighted by molar-refractivity contribution is 7.16. The molecule has 6 nitrogen and oxygen atoms in total. The Hall–Kier alpha value is -3.06. The molecule has 4 rings (SSSR count). The second-order valence-corrected chi connectivity index (χ2v) is 6.55. The SMILES string of the molecule is C[C@H](NC(=O)c1ccc2ncsc2c1)c1ccc(-n2cncn2)cc1. The Morgan fingerprint density at radius 1 is 1.20 bits per heavy atom. The first-order valence-electron chi connectivity index (χ1n) is 7.80. The Morgan fingerprint density at radius 2 is 2.04 bits per heavy atom. The van der Waals surface area contributed by atoms with Gasteiger partial charge in [0.1, 0.15) is 12.7 Å². The fourth-order valence-corrected chi connectivity index (χ4v) is 3.33. The van der Waals surface area contributed by atoms with Gasteiger partial charge in [-0.25, -0.2) is 14.6 Å². The van der Waals surface area contributed by atoms with Gasteiger partial charge in [-0.05, 0) is 42.8 Å². The van der Waals surface area contributed by atoms with Crippen LogP contribution in [0, 0.1) is 0 Å². The molecule has 0 saturated carbocycles. The second kappa shape index (κ2) is 6.45. The summed E-state index contributed by atoms with van der Waals surface area (Å²) in [6, 6.07) is 13.3. The van der Waals surface area contributed by atoms with Crippen LogP contribution in [0.25, 0.3) is 15.9 Å². The fourth-order valence-electron chi connectivity index (χ4n) is 2.62. The largest absolute Gasteiger partial charge is 0.346 e. The summed E-state index contributed by atoms with van der Waals surface area (Å²) in [5.41, 5.74) is 5.29. The van der Waals surface area contributed by atoms with Gasteiger partial charge in [0.2, 0.25) is 0 Å². The molecular formula is C18H15N5OS. The zero-order valence-electron chi connectivity index (χ0n) is 13.5. The van der Waals surface area contributed by atoms with E-state index in [0.29, 0.717) is 5.56 Å². The molecule has 0 aliphatic rings. The van der Waals surface area contributed by atoms with Crippen molar-refractivity contribution in [2.45, 2.75) is 13.0 Å². The van der Waals surface area contributed by atoms with Crippen molar-refractivity contribution in [1.82, 2.24) is 25.1 Å². The van der Waals surface area contributed by atoms with Gasteiger partial charge in [0.05, 0.1) is 27.5 Å². The third kappa shape index (κ3) is 3.14. The summed E-state index contributed by atoms with van der Waals surface area (Å²) < 4.78 is 2.70. The molecular weight excluding hydrogens is 334 g/mol. The normalized spacial score (nSPS) is 12.2. The molecule has 0 aliphatic carbocycles. The lowest BCUT2D eigenvalue weighted by Gasteiger charge is -2.15. The first-order chi connectivity index (χ1) is 12.2. The van der Waals surface area contributed by atoms with Crippen LogP contribution in [-0.4, -0.2) is 25.7 Å². The topological polar surface area (TPSA) is 72.7 Å². The molecule has 0 aliphatic heterocycles. The van der Waals surface area contributed by atoms with E-state index in [0.717, 1.165) is 21.5 Å². The lowest BCUT2D eigenvalue weighted by atomic mass is 10.1. The maximum Gasteiger partial charge on any atom is 0.251 e. The number of benzene rings is 2. The fraction of sp³-hybridized carbons (Fsp3) is 0.111. The molecule has 2 heterocycles. The highest BCUT2D eigenvalue weighted by Crippen LogP contribution is 2.20. The van der Waals surface area contributed by atoms with E-state index in [1.807, 2.05) is 43.3 Å². The van der Waals surface area contributed by atoms with Crippen LogP contribution < -0.4 is 5.32 Å². The average molecular weight is 349 g/mol. The Kier molecular flexibility index (Phi) is 3.99. The van der Waals surface area contributed by atoms with Gasteiger partial charge in [0.15, 0.2) is 0 Å². The number of aromatic nitrogens is 4. The number of hydrogen-bond donors (Lipinski definition) is 1. The van der Waals surface area contributed by atoms with Gasteiger partial charge in [-0.3, -0.25) is 4.79 Å². The summed E-state index contributed by atoms with van der Waals surface area (Å²) >= 11 is 1.53. The molecule has 1 amide bonds. The second-order valence-electron chi connectivity index (χ2n) is 5.66. The first-order valence-corrected chi connectivity index (χ1v) is 8.68. The molecule has 1 atom stereocenters. The van der Waals surface area contributed by atoms with Crippen molar-refractivity contribution in [3.05, 3.63) is 71.8 Å². The van der Waals surface area contributed by atoms with Crippen molar-refractivity contribution in [3.8, 4) is 5.69 Å². The number of hydrogen-bond acceptors (Lipinski definition) is 5. The van der Waals surface area contributed by atoms with Crippen molar-refractivity contribution in [3.63, 3.8) is 0 Å². The molecule has 2 aromatic carbocycles. The Morgan fingerprint density at radius 3 is 2.80 bits per heavy atom. The predicted octanol–water partition coefficient (Wildman–Crippen LogP) is 3.37. The molecule has 4 aromatic rings. The molecule has 25 heavy (non-hydrogen) atoms. The highest BCUT2D eigenvalue weighted by Gasteiger charge is 2.12. The van der Waals surface area contributed by atoms with Crippen molar-refractivity contribution in [2.75, 3.05) is 0 Å². The zero-order valence-corrected chi connectivity index (χ0v) is 14.3. The smallest absolute Gasteiger partial charge is 0.251 e. The van der Waals surface area contributed by atoms with Gasteiger partial charge in [-0.15, -0.1) is 11.3 Å². The van der Waals surface area contributed by atoms with E-state index in [2.05, 4.69) is 20.4 Å². The summed E-state index contributed by atoms with van der Waals surface area (Å²) in [5.74, 6) is -0.0943. The zero-order chi connectivity index (χ0) is 17.2. The molecule has 0 fully saturated rings. The maximum absolute atomic E-state index is 12.5. The molecule has 0 unspecified atom stereocenters. The lowest BCUT2D eigenvalue weighted by molar-refractivity contribution is 0.0940. The van der Waals surface area contributed by atoms with Gasteiger partial charge in [-0.2, -0.15) is 5.10 Å². The van der Waals surface area contributed by atoms with Crippen molar-refractivity contribution in [2.24, 2.45) is 0 Å². The summed E-state index contributed by atoms with van der Waals surface area (Å²) in [4.78, 5) is 20.7. The quantitative estimate of drug-likeness (QED) is 0.613. The Labute approximate surface area is 148 Å². The van der Waals surface area contributed by atoms with Gasteiger partial charge >= 0.3 is 0 Å². The van der Waals surface area contributed by atoms with Gasteiger partial charge < -0.3 is 5.32 Å². The van der Waals surface area contributed by atoms with Crippen LogP contribution >= 0.6 is 11.3 Å². The molecule has 124 valence electrons. The Bertz CT molecular complexity index is 1010. The summed E-state index contributed by atoms with van der Waals surface area (Å²) in [6.07, 6.45) is 3.15. The van der Waals surface area contributed by atoms with Gasteiger partial charge in [0.25, 0.3) is 5.91 Å². The van der Waals surface area contributed by atoms with E-state index >= 15 is 0 Å². The standard InChI is InChI=1S/C18H15N5OS/c1-12(13-2-5-15(6-3-13)23-10-19-9-21-23)22-18(24)14-4-7-16-17(8-14)25-11-20-16/h2-12H,1H3,(H,22,24)/t12-/m0/s1. The number of nitrogens with one attached hydrogen (secondary N) is 1. The first kappa shape index (κ1) is 15.5. The summed E-state index contributed by atoms with van der Waals surface area (Å²) in [7, 11) is 0. The van der Waals surface area contributed by atoms with Gasteiger partial charge in [0, 0.05) is 5.56 Å². The van der Waals surface area contributed by atoms with Crippen LogP contribution in [0.4, 0.5) is 0 Å². The van der Waals surface area contributed by atoms with E-state index in [4.69, 9.17) is 0 Å².